The maximum absolute atomic E-state index is 13.7. The standard InChI is InChI=1S/C58H44F12N2O7S5/c1-29-22-41(81-31(3)49-43(71-51(83-49)33-10-14-35(15-11-33)55(59,60)61)27-77-39-25-37(57(65,66)67)24-38(26-39)58(68,69)70)18-20-45(29)78-47(53(73)74)48(54(75)76)79-46-21-19-42(23-30(46)2)82-32(4)50-44(28-80-40-8-6-5-7-9-40)72-52(84-50)34-12-16-36(17-13-34)56(62,63)64/h5-26,31-32,47-48H,27-28H2,1-4H3,(H,73,74)(H,75,76). The number of alkyl halides is 12. The summed E-state index contributed by atoms with van der Waals surface area (Å²) < 4.78 is 180. The van der Waals surface area contributed by atoms with Crippen LogP contribution in [0, 0.1) is 13.8 Å². The lowest BCUT2D eigenvalue weighted by Crippen LogP contribution is -2.47. The summed E-state index contributed by atoms with van der Waals surface area (Å²) in [6.45, 7) is 6.16. The summed E-state index contributed by atoms with van der Waals surface area (Å²) in [5, 5.41) is 20.6. The zero-order valence-electron chi connectivity index (χ0n) is 43.8. The normalized spacial score (nSPS) is 13.7. The van der Waals surface area contributed by atoms with Gasteiger partial charge in [-0.15, -0.1) is 58.0 Å². The topological polar surface area (TPSA) is 128 Å². The highest BCUT2D eigenvalue weighted by Gasteiger charge is 2.40. The summed E-state index contributed by atoms with van der Waals surface area (Å²) in [4.78, 5) is 38.4. The SMILES string of the molecule is Cc1cc(SC(C)c2sc(-c3ccc(C(F)(F)F)cc3)nc2COc2cc(C(F)(F)F)cc(C(F)(F)F)c2)ccc1OC(C(=O)O)C(Oc1ccc(SC(C)c2sc(-c3ccc(C(F)(F)F)cc3)nc2CSc2ccccc2)cc1C)C(=O)O. The molecule has 84 heavy (non-hydrogen) atoms. The number of ether oxygens (including phenoxy) is 3. The minimum absolute atomic E-state index is 0.0317. The minimum atomic E-state index is -5.17. The maximum Gasteiger partial charge on any atom is 0.416 e. The Morgan fingerprint density at radius 1 is 0.512 bits per heavy atom. The van der Waals surface area contributed by atoms with E-state index in [9.17, 15) is 72.5 Å². The summed E-state index contributed by atoms with van der Waals surface area (Å²) in [5.41, 5.74) is -2.69. The number of benzene rings is 6. The van der Waals surface area contributed by atoms with Crippen molar-refractivity contribution < 1.29 is 86.7 Å². The third-order valence-corrected chi connectivity index (χ3v) is 18.6. The van der Waals surface area contributed by atoms with E-state index in [-0.39, 0.29) is 39.1 Å². The van der Waals surface area contributed by atoms with E-state index in [1.54, 1.807) is 50.7 Å². The van der Waals surface area contributed by atoms with E-state index in [0.29, 0.717) is 49.4 Å². The van der Waals surface area contributed by atoms with E-state index < -0.39 is 88.7 Å². The third-order valence-electron chi connectivity index (χ3n) is 12.4. The number of aliphatic carboxylic acids is 2. The monoisotopic (exact) mass is 1270 g/mol. The predicted molar refractivity (Wildman–Crippen MR) is 297 cm³/mol. The molecule has 0 saturated carbocycles. The molecule has 26 heteroatoms. The van der Waals surface area contributed by atoms with Crippen molar-refractivity contribution in [2.75, 3.05) is 0 Å². The number of hydrogen-bond acceptors (Lipinski definition) is 12. The Bertz CT molecular complexity index is 3600. The number of nitrogens with zero attached hydrogens (tertiary/aromatic N) is 2. The molecule has 0 aliphatic carbocycles. The second-order valence-corrected chi connectivity index (χ2v) is 24.5. The van der Waals surface area contributed by atoms with Gasteiger partial charge in [0.15, 0.2) is 0 Å². The Hall–Kier alpha value is -6.87. The second-order valence-electron chi connectivity index (χ2n) is 18.6. The molecule has 2 heterocycles. The van der Waals surface area contributed by atoms with Crippen LogP contribution in [0.4, 0.5) is 52.7 Å². The summed E-state index contributed by atoms with van der Waals surface area (Å²) in [6, 6.07) is 28.4. The number of halogens is 12. The van der Waals surface area contributed by atoms with Gasteiger partial charge in [0, 0.05) is 51.8 Å². The molecule has 442 valence electrons. The number of aryl methyl sites for hydroxylation is 2. The van der Waals surface area contributed by atoms with Crippen molar-refractivity contribution in [2.45, 2.75) is 102 Å². The summed E-state index contributed by atoms with van der Waals surface area (Å²) >= 11 is 6.50. The fourth-order valence-electron chi connectivity index (χ4n) is 8.18. The number of rotatable bonds is 21. The van der Waals surface area contributed by atoms with Gasteiger partial charge in [0.1, 0.15) is 33.9 Å². The lowest BCUT2D eigenvalue weighted by Gasteiger charge is -2.24. The van der Waals surface area contributed by atoms with Crippen molar-refractivity contribution in [3.63, 3.8) is 0 Å². The first-order valence-electron chi connectivity index (χ1n) is 24.7. The third kappa shape index (κ3) is 15.9. The van der Waals surface area contributed by atoms with E-state index in [1.165, 1.54) is 65.2 Å². The Labute approximate surface area is 492 Å². The van der Waals surface area contributed by atoms with Gasteiger partial charge >= 0.3 is 36.6 Å². The van der Waals surface area contributed by atoms with Gasteiger partial charge < -0.3 is 24.4 Å². The van der Waals surface area contributed by atoms with Crippen molar-refractivity contribution in [3.05, 3.63) is 188 Å². The Morgan fingerprint density at radius 2 is 0.917 bits per heavy atom. The molecule has 8 aromatic rings. The molecule has 0 spiro atoms. The number of carboxylic acid groups (broad SMARTS) is 2. The van der Waals surface area contributed by atoms with Gasteiger partial charge in [0.05, 0.1) is 33.6 Å². The molecule has 4 atom stereocenters. The Balaban J connectivity index is 0.980. The van der Waals surface area contributed by atoms with Crippen LogP contribution >= 0.6 is 58.0 Å². The van der Waals surface area contributed by atoms with E-state index in [2.05, 4.69) is 4.98 Å². The van der Waals surface area contributed by atoms with Gasteiger partial charge in [-0.2, -0.15) is 52.7 Å². The minimum Gasteiger partial charge on any atom is -0.487 e. The van der Waals surface area contributed by atoms with E-state index in [4.69, 9.17) is 19.2 Å². The van der Waals surface area contributed by atoms with Crippen molar-refractivity contribution in [2.24, 2.45) is 0 Å². The number of carbonyl (C=O) groups is 2. The van der Waals surface area contributed by atoms with Gasteiger partial charge in [-0.25, -0.2) is 19.6 Å². The van der Waals surface area contributed by atoms with Crippen molar-refractivity contribution in [1.82, 2.24) is 9.97 Å². The van der Waals surface area contributed by atoms with E-state index in [1.807, 2.05) is 37.3 Å². The predicted octanol–water partition coefficient (Wildman–Crippen LogP) is 18.6. The van der Waals surface area contributed by atoms with Crippen LogP contribution in [0.2, 0.25) is 0 Å². The molecular formula is C58H44F12N2O7S5. The molecule has 2 N–H and O–H groups in total. The lowest BCUT2D eigenvalue weighted by molar-refractivity contribution is -0.161. The average Bonchev–Trinajstić information content (AvgIpc) is 3.23. The quantitative estimate of drug-likeness (QED) is 0.0525. The fraction of sp³-hybridized carbons (Fsp3) is 0.241. The van der Waals surface area contributed by atoms with Crippen LogP contribution in [0.25, 0.3) is 21.1 Å². The molecule has 2 aromatic heterocycles. The highest BCUT2D eigenvalue weighted by atomic mass is 32.2. The van der Waals surface area contributed by atoms with Crippen LogP contribution in [0.3, 0.4) is 0 Å². The molecule has 0 bridgehead atoms. The highest BCUT2D eigenvalue weighted by Crippen LogP contribution is 2.47. The van der Waals surface area contributed by atoms with Crippen LogP contribution < -0.4 is 14.2 Å². The number of thiazole rings is 2. The Kier molecular flexibility index (Phi) is 19.4. The first-order chi connectivity index (χ1) is 39.4. The number of aromatic nitrogens is 2. The lowest BCUT2D eigenvalue weighted by atomic mass is 10.1. The molecule has 0 radical (unpaired) electrons. The first-order valence-corrected chi connectivity index (χ1v) is 29.1. The molecular weight excluding hydrogens is 1220 g/mol. The van der Waals surface area contributed by atoms with Crippen molar-refractivity contribution >= 4 is 69.9 Å². The van der Waals surface area contributed by atoms with Crippen molar-refractivity contribution in [3.8, 4) is 38.4 Å². The summed E-state index contributed by atoms with van der Waals surface area (Å²) in [7, 11) is 0. The van der Waals surface area contributed by atoms with Crippen LogP contribution in [0.1, 0.15) is 78.9 Å². The molecule has 0 amide bonds. The van der Waals surface area contributed by atoms with Crippen LogP contribution in [0.15, 0.2) is 148 Å². The summed E-state index contributed by atoms with van der Waals surface area (Å²) in [6.07, 6.45) is -23.7. The Morgan fingerprint density at radius 3 is 1.31 bits per heavy atom. The molecule has 0 aliphatic rings. The summed E-state index contributed by atoms with van der Waals surface area (Å²) in [5.74, 6) is -3.68. The molecule has 0 fully saturated rings. The van der Waals surface area contributed by atoms with Crippen molar-refractivity contribution in [1.29, 1.82) is 0 Å². The molecule has 4 unspecified atom stereocenters. The fourth-order valence-corrected chi connectivity index (χ4v) is 13.8. The first kappa shape index (κ1) is 63.2. The van der Waals surface area contributed by atoms with Crippen LogP contribution in [0.5, 0.6) is 17.2 Å². The highest BCUT2D eigenvalue weighted by molar-refractivity contribution is 8.00. The van der Waals surface area contributed by atoms with Gasteiger partial charge in [0.2, 0.25) is 12.2 Å². The largest absolute Gasteiger partial charge is 0.487 e. The maximum atomic E-state index is 13.7. The second kappa shape index (κ2) is 25.8. The number of hydrogen-bond donors (Lipinski definition) is 2. The van der Waals surface area contributed by atoms with Gasteiger partial charge in [-0.3, -0.25) is 0 Å². The van der Waals surface area contributed by atoms with Crippen LogP contribution in [-0.4, -0.2) is 44.3 Å². The zero-order valence-corrected chi connectivity index (χ0v) is 47.9. The smallest absolute Gasteiger partial charge is 0.416 e. The molecule has 0 saturated heterocycles. The number of carboxylic acids is 2. The molecule has 0 aliphatic heterocycles. The van der Waals surface area contributed by atoms with Crippen LogP contribution in [-0.2, 0) is 46.7 Å². The average molecular weight is 1270 g/mol. The molecule has 9 nitrogen and oxygen atoms in total. The zero-order chi connectivity index (χ0) is 61.1. The van der Waals surface area contributed by atoms with Gasteiger partial charge in [0.25, 0.3) is 0 Å². The van der Waals surface area contributed by atoms with Gasteiger partial charge in [-0.1, -0.05) is 42.5 Å². The number of thioether (sulfide) groups is 3. The van der Waals surface area contributed by atoms with E-state index in [0.717, 1.165) is 68.1 Å². The van der Waals surface area contributed by atoms with E-state index >= 15 is 0 Å². The molecule has 8 rings (SSSR count). The van der Waals surface area contributed by atoms with Gasteiger partial charge in [-0.05, 0) is 130 Å². The molecule has 6 aromatic carbocycles.